The van der Waals surface area contributed by atoms with Crippen molar-refractivity contribution in [3.8, 4) is 5.75 Å². The fourth-order valence-electron chi connectivity index (χ4n) is 3.38. The number of nitrogens with one attached hydrogen (secondary N) is 1. The number of rotatable bonds is 3. The minimum atomic E-state index is -0.0491. The highest BCUT2D eigenvalue weighted by Gasteiger charge is 2.45. The van der Waals surface area contributed by atoms with Crippen molar-refractivity contribution < 1.29 is 14.3 Å². The Bertz CT molecular complexity index is 614. The van der Waals surface area contributed by atoms with Crippen LogP contribution in [-0.4, -0.2) is 43.0 Å². The molecule has 0 radical (unpaired) electrons. The summed E-state index contributed by atoms with van der Waals surface area (Å²) in [5, 5.41) is 2.87. The summed E-state index contributed by atoms with van der Waals surface area (Å²) in [6.07, 6.45) is 1.43. The van der Waals surface area contributed by atoms with Gasteiger partial charge in [-0.15, -0.1) is 0 Å². The lowest BCUT2D eigenvalue weighted by molar-refractivity contribution is -0.132. The maximum absolute atomic E-state index is 12.3. The molecular weight excluding hydrogens is 280 g/mol. The highest BCUT2D eigenvalue weighted by atomic mass is 16.5. The minimum Gasteiger partial charge on any atom is -0.484 e. The Hall–Kier alpha value is -2.04. The summed E-state index contributed by atoms with van der Waals surface area (Å²) in [5.74, 6) is 0.850. The molecule has 2 saturated heterocycles. The molecule has 2 fully saturated rings. The summed E-state index contributed by atoms with van der Waals surface area (Å²) in [5.41, 5.74) is 2.17. The normalized spacial score (nSPS) is 23.9. The zero-order valence-corrected chi connectivity index (χ0v) is 13.1. The van der Waals surface area contributed by atoms with Gasteiger partial charge in [0, 0.05) is 31.5 Å². The number of benzene rings is 1. The van der Waals surface area contributed by atoms with Gasteiger partial charge in [-0.05, 0) is 31.9 Å². The molecule has 5 nitrogen and oxygen atoms in total. The molecule has 1 N–H and O–H groups in total. The second kappa shape index (κ2) is 5.63. The van der Waals surface area contributed by atoms with Crippen molar-refractivity contribution in [2.45, 2.75) is 26.7 Å². The number of likely N-dealkylation sites (tertiary alicyclic amines) is 1. The first-order chi connectivity index (χ1) is 10.5. The van der Waals surface area contributed by atoms with E-state index < -0.39 is 0 Å². The molecule has 1 spiro atoms. The fraction of sp³-hybridized carbons (Fsp3) is 0.529. The lowest BCUT2D eigenvalue weighted by atomic mass is 9.86. The molecule has 3 rings (SSSR count). The summed E-state index contributed by atoms with van der Waals surface area (Å²) in [4.78, 5) is 25.6. The van der Waals surface area contributed by atoms with Gasteiger partial charge in [-0.1, -0.05) is 17.7 Å². The Morgan fingerprint density at radius 2 is 2.23 bits per heavy atom. The molecular formula is C17H22N2O3. The Labute approximate surface area is 130 Å². The molecule has 2 aliphatic rings. The van der Waals surface area contributed by atoms with Crippen molar-refractivity contribution in [3.05, 3.63) is 29.3 Å². The summed E-state index contributed by atoms with van der Waals surface area (Å²) in [6, 6.07) is 5.93. The van der Waals surface area contributed by atoms with Crippen LogP contribution in [0.15, 0.2) is 18.2 Å². The molecule has 1 aromatic rings. The number of aryl methyl sites for hydroxylation is 2. The summed E-state index contributed by atoms with van der Waals surface area (Å²) in [7, 11) is 0. The van der Waals surface area contributed by atoms with E-state index in [0.717, 1.165) is 17.7 Å². The lowest BCUT2D eigenvalue weighted by Crippen LogP contribution is -2.36. The van der Waals surface area contributed by atoms with Crippen molar-refractivity contribution in [2.24, 2.45) is 5.41 Å². The van der Waals surface area contributed by atoms with E-state index in [1.165, 1.54) is 5.56 Å². The monoisotopic (exact) mass is 302 g/mol. The third kappa shape index (κ3) is 2.93. The number of hydrogen-bond acceptors (Lipinski definition) is 3. The molecule has 118 valence electrons. The number of ether oxygens (including phenoxy) is 1. The maximum Gasteiger partial charge on any atom is 0.260 e. The van der Waals surface area contributed by atoms with E-state index in [1.54, 1.807) is 0 Å². The van der Waals surface area contributed by atoms with Gasteiger partial charge in [0.05, 0.1) is 0 Å². The Kier molecular flexibility index (Phi) is 3.81. The van der Waals surface area contributed by atoms with Gasteiger partial charge in [-0.3, -0.25) is 9.59 Å². The molecule has 0 aromatic heterocycles. The van der Waals surface area contributed by atoms with Gasteiger partial charge in [-0.2, -0.15) is 0 Å². The maximum atomic E-state index is 12.3. The van der Waals surface area contributed by atoms with E-state index in [9.17, 15) is 9.59 Å². The molecule has 1 unspecified atom stereocenters. The molecule has 2 amide bonds. The number of nitrogens with zero attached hydrogens (tertiary/aromatic N) is 1. The van der Waals surface area contributed by atoms with Crippen LogP contribution in [0.2, 0.25) is 0 Å². The quantitative estimate of drug-likeness (QED) is 0.918. The lowest BCUT2D eigenvalue weighted by Gasteiger charge is -2.22. The summed E-state index contributed by atoms with van der Waals surface area (Å²) >= 11 is 0. The minimum absolute atomic E-state index is 0.00352. The van der Waals surface area contributed by atoms with Gasteiger partial charge < -0.3 is 15.0 Å². The van der Waals surface area contributed by atoms with E-state index in [-0.39, 0.29) is 23.8 Å². The van der Waals surface area contributed by atoms with Crippen molar-refractivity contribution in [3.63, 3.8) is 0 Å². The van der Waals surface area contributed by atoms with Crippen molar-refractivity contribution in [1.82, 2.24) is 10.2 Å². The average molecular weight is 302 g/mol. The predicted octanol–water partition coefficient (Wildman–Crippen LogP) is 1.42. The standard InChI is InChI=1S/C17H22N2O3/c1-12-3-4-14(13(2)7-12)22-9-16(21)19-6-5-17(11-19)8-15(20)18-10-17/h3-4,7H,5-6,8-11H2,1-2H3,(H,18,20). The van der Waals surface area contributed by atoms with E-state index in [4.69, 9.17) is 4.74 Å². The molecule has 5 heteroatoms. The Morgan fingerprint density at radius 3 is 2.91 bits per heavy atom. The fourth-order valence-corrected chi connectivity index (χ4v) is 3.38. The van der Waals surface area contributed by atoms with E-state index in [2.05, 4.69) is 5.32 Å². The second-order valence-corrected chi connectivity index (χ2v) is 6.58. The molecule has 0 aliphatic carbocycles. The molecule has 2 aliphatic heterocycles. The van der Waals surface area contributed by atoms with Crippen LogP contribution in [0, 0.1) is 19.3 Å². The number of carbonyl (C=O) groups is 2. The van der Waals surface area contributed by atoms with E-state index in [0.29, 0.717) is 26.1 Å². The van der Waals surface area contributed by atoms with Crippen molar-refractivity contribution >= 4 is 11.8 Å². The molecule has 0 bridgehead atoms. The van der Waals surface area contributed by atoms with Crippen LogP contribution in [0.5, 0.6) is 5.75 Å². The molecule has 2 heterocycles. The van der Waals surface area contributed by atoms with Gasteiger partial charge in [0.15, 0.2) is 6.61 Å². The topological polar surface area (TPSA) is 58.6 Å². The van der Waals surface area contributed by atoms with Crippen molar-refractivity contribution in [1.29, 1.82) is 0 Å². The Balaban J connectivity index is 1.56. The average Bonchev–Trinajstić information content (AvgIpc) is 3.05. The van der Waals surface area contributed by atoms with Crippen LogP contribution in [0.1, 0.15) is 24.0 Å². The van der Waals surface area contributed by atoms with E-state index in [1.807, 2.05) is 36.9 Å². The zero-order valence-electron chi connectivity index (χ0n) is 13.1. The largest absolute Gasteiger partial charge is 0.484 e. The van der Waals surface area contributed by atoms with Crippen LogP contribution < -0.4 is 10.1 Å². The first kappa shape index (κ1) is 14.9. The number of amides is 2. The van der Waals surface area contributed by atoms with Crippen LogP contribution in [0.25, 0.3) is 0 Å². The molecule has 22 heavy (non-hydrogen) atoms. The summed E-state index contributed by atoms with van der Waals surface area (Å²) < 4.78 is 5.66. The van der Waals surface area contributed by atoms with Gasteiger partial charge >= 0.3 is 0 Å². The SMILES string of the molecule is Cc1ccc(OCC(=O)N2CCC3(CNC(=O)C3)C2)c(C)c1. The van der Waals surface area contributed by atoms with Gasteiger partial charge in [-0.25, -0.2) is 0 Å². The van der Waals surface area contributed by atoms with Crippen LogP contribution >= 0.6 is 0 Å². The first-order valence-corrected chi connectivity index (χ1v) is 7.72. The smallest absolute Gasteiger partial charge is 0.260 e. The second-order valence-electron chi connectivity index (χ2n) is 6.58. The van der Waals surface area contributed by atoms with E-state index >= 15 is 0 Å². The highest BCUT2D eigenvalue weighted by Crippen LogP contribution is 2.36. The predicted molar refractivity (Wildman–Crippen MR) is 82.7 cm³/mol. The first-order valence-electron chi connectivity index (χ1n) is 7.72. The number of carbonyl (C=O) groups excluding carboxylic acids is 2. The third-order valence-corrected chi connectivity index (χ3v) is 4.67. The highest BCUT2D eigenvalue weighted by molar-refractivity contribution is 5.81. The Morgan fingerprint density at radius 1 is 1.41 bits per heavy atom. The molecule has 1 aromatic carbocycles. The zero-order chi connectivity index (χ0) is 15.7. The third-order valence-electron chi connectivity index (χ3n) is 4.67. The van der Waals surface area contributed by atoms with Gasteiger partial charge in [0.25, 0.3) is 5.91 Å². The number of hydrogen-bond donors (Lipinski definition) is 1. The van der Waals surface area contributed by atoms with Gasteiger partial charge in [0.2, 0.25) is 5.91 Å². The van der Waals surface area contributed by atoms with Crippen LogP contribution in [0.3, 0.4) is 0 Å². The van der Waals surface area contributed by atoms with Crippen LogP contribution in [0.4, 0.5) is 0 Å². The van der Waals surface area contributed by atoms with Crippen LogP contribution in [-0.2, 0) is 9.59 Å². The summed E-state index contributed by atoms with van der Waals surface area (Å²) in [6.45, 7) is 6.12. The molecule has 0 saturated carbocycles. The van der Waals surface area contributed by atoms with Gasteiger partial charge in [0.1, 0.15) is 5.75 Å². The van der Waals surface area contributed by atoms with Crippen molar-refractivity contribution in [2.75, 3.05) is 26.2 Å². The molecule has 1 atom stereocenters.